The number of aliphatic hydroxyl groups excluding tert-OH is 1. The summed E-state index contributed by atoms with van der Waals surface area (Å²) in [6.45, 7) is 1.81. The van der Waals surface area contributed by atoms with Crippen LogP contribution in [0.15, 0.2) is 53.4 Å². The second-order valence-corrected chi connectivity index (χ2v) is 9.60. The lowest BCUT2D eigenvalue weighted by atomic mass is 9.76. The molecule has 0 aliphatic carbocycles. The molecule has 1 unspecified atom stereocenters. The van der Waals surface area contributed by atoms with Crippen molar-refractivity contribution in [2.45, 2.75) is 37.3 Å². The largest absolute Gasteiger partial charge is 0.417 e. The van der Waals surface area contributed by atoms with Crippen LogP contribution in [0.4, 0.5) is 13.2 Å². The van der Waals surface area contributed by atoms with Gasteiger partial charge in [0.05, 0.1) is 17.1 Å². The standard InChI is InChI=1S/C21H24F3NO3S/c1-16-7-2-3-8-17(16)13-20(15-26)11-6-12-25(14-20)29(27,28)19-10-5-4-9-18(19)21(22,23)24/h2-5,7-10,26H,6,11-15H2,1H3. The van der Waals surface area contributed by atoms with Crippen molar-refractivity contribution in [1.29, 1.82) is 0 Å². The molecule has 2 aromatic carbocycles. The van der Waals surface area contributed by atoms with Crippen molar-refractivity contribution in [2.24, 2.45) is 5.41 Å². The van der Waals surface area contributed by atoms with Crippen LogP contribution in [-0.2, 0) is 22.6 Å². The predicted molar refractivity (Wildman–Crippen MR) is 104 cm³/mol. The molecule has 1 fully saturated rings. The molecule has 8 heteroatoms. The minimum absolute atomic E-state index is 0.0215. The van der Waals surface area contributed by atoms with E-state index in [1.807, 2.05) is 31.2 Å². The van der Waals surface area contributed by atoms with Crippen LogP contribution >= 0.6 is 0 Å². The predicted octanol–water partition coefficient (Wildman–Crippen LogP) is 4.02. The van der Waals surface area contributed by atoms with Crippen LogP contribution < -0.4 is 0 Å². The number of benzene rings is 2. The molecule has 158 valence electrons. The van der Waals surface area contributed by atoms with Crippen molar-refractivity contribution in [3.63, 3.8) is 0 Å². The van der Waals surface area contributed by atoms with Crippen molar-refractivity contribution >= 4 is 10.0 Å². The van der Waals surface area contributed by atoms with E-state index in [9.17, 15) is 26.7 Å². The van der Waals surface area contributed by atoms with E-state index < -0.39 is 32.1 Å². The van der Waals surface area contributed by atoms with Crippen molar-refractivity contribution in [3.05, 3.63) is 65.2 Å². The zero-order chi connectivity index (χ0) is 21.3. The molecule has 1 N–H and O–H groups in total. The van der Waals surface area contributed by atoms with E-state index >= 15 is 0 Å². The Bertz CT molecular complexity index is 975. The van der Waals surface area contributed by atoms with Gasteiger partial charge in [0.15, 0.2) is 0 Å². The Hall–Kier alpha value is -1.90. The van der Waals surface area contributed by atoms with Gasteiger partial charge in [0.25, 0.3) is 0 Å². The first kappa shape index (κ1) is 21.8. The van der Waals surface area contributed by atoms with Gasteiger partial charge in [-0.15, -0.1) is 0 Å². The van der Waals surface area contributed by atoms with E-state index in [-0.39, 0.29) is 19.7 Å². The number of hydrogen-bond acceptors (Lipinski definition) is 3. The molecule has 1 atom stereocenters. The fourth-order valence-corrected chi connectivity index (χ4v) is 5.78. The minimum atomic E-state index is -4.77. The van der Waals surface area contributed by atoms with E-state index in [4.69, 9.17) is 0 Å². The van der Waals surface area contributed by atoms with Crippen molar-refractivity contribution in [1.82, 2.24) is 4.31 Å². The molecule has 0 saturated carbocycles. The molecule has 0 spiro atoms. The van der Waals surface area contributed by atoms with Gasteiger partial charge >= 0.3 is 6.18 Å². The molecule has 1 aliphatic rings. The Kier molecular flexibility index (Phi) is 6.08. The van der Waals surface area contributed by atoms with Crippen molar-refractivity contribution < 1.29 is 26.7 Å². The molecule has 1 saturated heterocycles. The summed E-state index contributed by atoms with van der Waals surface area (Å²) in [5.74, 6) is 0. The number of hydrogen-bond donors (Lipinski definition) is 1. The van der Waals surface area contributed by atoms with Crippen LogP contribution in [0.1, 0.15) is 29.5 Å². The van der Waals surface area contributed by atoms with Gasteiger partial charge in [-0.2, -0.15) is 17.5 Å². The lowest BCUT2D eigenvalue weighted by molar-refractivity contribution is -0.139. The number of aliphatic hydroxyl groups is 1. The molecular formula is C21H24F3NO3S. The molecule has 1 heterocycles. The Morgan fingerprint density at radius 3 is 2.41 bits per heavy atom. The number of rotatable bonds is 5. The topological polar surface area (TPSA) is 57.6 Å². The number of halogens is 3. The maximum atomic E-state index is 13.4. The van der Waals surface area contributed by atoms with Gasteiger partial charge in [0.2, 0.25) is 10.0 Å². The highest BCUT2D eigenvalue weighted by Crippen LogP contribution is 2.39. The molecule has 0 amide bonds. The highest BCUT2D eigenvalue weighted by atomic mass is 32.2. The average Bonchev–Trinajstić information content (AvgIpc) is 2.69. The lowest BCUT2D eigenvalue weighted by Gasteiger charge is -2.41. The number of sulfonamides is 1. The normalized spacial score (nSPS) is 21.3. The van der Waals surface area contributed by atoms with E-state index in [2.05, 4.69) is 0 Å². The summed E-state index contributed by atoms with van der Waals surface area (Å²) in [4.78, 5) is -0.739. The smallest absolute Gasteiger partial charge is 0.396 e. The van der Waals surface area contributed by atoms with Gasteiger partial charge in [-0.25, -0.2) is 8.42 Å². The zero-order valence-corrected chi connectivity index (χ0v) is 16.9. The second kappa shape index (κ2) is 8.08. The Labute approximate surface area is 169 Å². The van der Waals surface area contributed by atoms with Crippen LogP contribution in [0.3, 0.4) is 0 Å². The second-order valence-electron chi connectivity index (χ2n) is 7.70. The summed E-state index contributed by atoms with van der Waals surface area (Å²) in [7, 11) is -4.36. The van der Waals surface area contributed by atoms with E-state index in [0.29, 0.717) is 19.3 Å². The third-order valence-electron chi connectivity index (χ3n) is 5.60. The van der Waals surface area contributed by atoms with Crippen LogP contribution in [-0.4, -0.2) is 37.5 Å². The van der Waals surface area contributed by atoms with Gasteiger partial charge in [-0.05, 0) is 49.4 Å². The van der Waals surface area contributed by atoms with Crippen LogP contribution in [0.25, 0.3) is 0 Å². The fourth-order valence-electron chi connectivity index (χ4n) is 3.97. The minimum Gasteiger partial charge on any atom is -0.396 e. The van der Waals surface area contributed by atoms with Crippen molar-refractivity contribution in [3.8, 4) is 0 Å². The molecule has 0 radical (unpaired) electrons. The van der Waals surface area contributed by atoms with Crippen molar-refractivity contribution in [2.75, 3.05) is 19.7 Å². The summed E-state index contributed by atoms with van der Waals surface area (Å²) in [5.41, 5.74) is 0.128. The van der Waals surface area contributed by atoms with Gasteiger partial charge in [-0.1, -0.05) is 36.4 Å². The number of aryl methyl sites for hydroxylation is 1. The first-order valence-electron chi connectivity index (χ1n) is 9.41. The maximum absolute atomic E-state index is 13.4. The highest BCUT2D eigenvalue weighted by molar-refractivity contribution is 7.89. The average molecular weight is 427 g/mol. The Morgan fingerprint density at radius 1 is 1.10 bits per heavy atom. The Balaban J connectivity index is 1.95. The number of alkyl halides is 3. The molecular weight excluding hydrogens is 403 g/mol. The van der Waals surface area contributed by atoms with Crippen LogP contribution in [0, 0.1) is 12.3 Å². The van der Waals surface area contributed by atoms with Crippen LogP contribution in [0.2, 0.25) is 0 Å². The third kappa shape index (κ3) is 4.49. The first-order chi connectivity index (χ1) is 13.6. The Morgan fingerprint density at radius 2 is 1.76 bits per heavy atom. The number of nitrogens with zero attached hydrogens (tertiary/aromatic N) is 1. The SMILES string of the molecule is Cc1ccccc1CC1(CO)CCCN(S(=O)(=O)c2ccccc2C(F)(F)F)C1. The van der Waals surface area contributed by atoms with E-state index in [1.165, 1.54) is 12.1 Å². The quantitative estimate of drug-likeness (QED) is 0.784. The first-order valence-corrected chi connectivity index (χ1v) is 10.8. The van der Waals surface area contributed by atoms with Gasteiger partial charge in [0.1, 0.15) is 0 Å². The summed E-state index contributed by atoms with van der Waals surface area (Å²) < 4.78 is 67.5. The van der Waals surface area contributed by atoms with Gasteiger partial charge < -0.3 is 5.11 Å². The summed E-state index contributed by atoms with van der Waals surface area (Å²) in [6, 6.07) is 11.9. The fraction of sp³-hybridized carbons (Fsp3) is 0.429. The molecule has 0 bridgehead atoms. The molecule has 1 aliphatic heterocycles. The molecule has 29 heavy (non-hydrogen) atoms. The highest BCUT2D eigenvalue weighted by Gasteiger charge is 2.43. The van der Waals surface area contributed by atoms with Gasteiger partial charge in [-0.3, -0.25) is 0 Å². The maximum Gasteiger partial charge on any atom is 0.417 e. The molecule has 0 aromatic heterocycles. The summed E-state index contributed by atoms with van der Waals surface area (Å²) in [6.07, 6.45) is -3.23. The molecule has 4 nitrogen and oxygen atoms in total. The monoisotopic (exact) mass is 427 g/mol. The lowest BCUT2D eigenvalue weighted by Crippen LogP contribution is -2.49. The number of piperidine rings is 1. The van der Waals surface area contributed by atoms with Crippen LogP contribution in [0.5, 0.6) is 0 Å². The van der Waals surface area contributed by atoms with E-state index in [1.54, 1.807) is 0 Å². The van der Waals surface area contributed by atoms with Gasteiger partial charge in [0, 0.05) is 18.5 Å². The summed E-state index contributed by atoms with van der Waals surface area (Å²) >= 11 is 0. The zero-order valence-electron chi connectivity index (χ0n) is 16.1. The summed E-state index contributed by atoms with van der Waals surface area (Å²) in [5, 5.41) is 10.1. The third-order valence-corrected chi connectivity index (χ3v) is 7.50. The molecule has 3 rings (SSSR count). The molecule has 2 aromatic rings. The van der Waals surface area contributed by atoms with E-state index in [0.717, 1.165) is 27.6 Å².